The topological polar surface area (TPSA) is 90.9 Å². The first-order valence-corrected chi connectivity index (χ1v) is 7.36. The van der Waals surface area contributed by atoms with Gasteiger partial charge >= 0.3 is 0 Å². The van der Waals surface area contributed by atoms with E-state index in [1.807, 2.05) is 13.8 Å². The standard InChI is InChI=1S/C15H20N4O2/c1-8(2)12(7-20)19-15(21)10-5-16-14-13(10)18-11(6-17-14)9-3-4-9/h5-6,8-9,12,20H,3-4,7H2,1-2H3,(H,16,17)(H,19,21). The fraction of sp³-hybridized carbons (Fsp3) is 0.533. The molecule has 1 amide bonds. The van der Waals surface area contributed by atoms with Gasteiger partial charge in [-0.15, -0.1) is 0 Å². The first-order valence-electron chi connectivity index (χ1n) is 7.36. The second kappa shape index (κ2) is 5.44. The number of fused-ring (bicyclic) bond motifs is 1. The highest BCUT2D eigenvalue weighted by Crippen LogP contribution is 2.39. The van der Waals surface area contributed by atoms with E-state index in [0.717, 1.165) is 18.5 Å². The molecule has 1 unspecified atom stereocenters. The highest BCUT2D eigenvalue weighted by atomic mass is 16.3. The minimum absolute atomic E-state index is 0.0786. The lowest BCUT2D eigenvalue weighted by Gasteiger charge is -2.19. The summed E-state index contributed by atoms with van der Waals surface area (Å²) in [7, 11) is 0. The highest BCUT2D eigenvalue weighted by molar-refractivity contribution is 6.04. The molecule has 0 spiro atoms. The Hall–Kier alpha value is -1.95. The van der Waals surface area contributed by atoms with Crippen molar-refractivity contribution < 1.29 is 9.90 Å². The Morgan fingerprint density at radius 2 is 2.29 bits per heavy atom. The van der Waals surface area contributed by atoms with Gasteiger partial charge in [-0.3, -0.25) is 4.79 Å². The van der Waals surface area contributed by atoms with E-state index in [-0.39, 0.29) is 24.5 Å². The van der Waals surface area contributed by atoms with Gasteiger partial charge in [0.05, 0.1) is 30.1 Å². The molecule has 1 fully saturated rings. The van der Waals surface area contributed by atoms with Crippen LogP contribution >= 0.6 is 0 Å². The molecule has 2 aromatic rings. The average Bonchev–Trinajstić information content (AvgIpc) is 3.23. The molecule has 21 heavy (non-hydrogen) atoms. The molecule has 1 aliphatic carbocycles. The maximum absolute atomic E-state index is 12.4. The maximum atomic E-state index is 12.4. The van der Waals surface area contributed by atoms with E-state index in [2.05, 4.69) is 20.3 Å². The molecule has 0 aromatic carbocycles. The molecule has 0 aliphatic heterocycles. The van der Waals surface area contributed by atoms with Gasteiger partial charge in [0.1, 0.15) is 5.52 Å². The van der Waals surface area contributed by atoms with Crippen molar-refractivity contribution in [2.75, 3.05) is 6.61 Å². The Bertz CT molecular complexity index is 661. The van der Waals surface area contributed by atoms with E-state index in [4.69, 9.17) is 0 Å². The first-order chi connectivity index (χ1) is 10.1. The van der Waals surface area contributed by atoms with Crippen molar-refractivity contribution in [2.45, 2.75) is 38.6 Å². The van der Waals surface area contributed by atoms with Gasteiger partial charge in [-0.25, -0.2) is 9.97 Å². The van der Waals surface area contributed by atoms with Gasteiger partial charge in [-0.1, -0.05) is 13.8 Å². The van der Waals surface area contributed by atoms with Crippen LogP contribution < -0.4 is 5.32 Å². The average molecular weight is 288 g/mol. The van der Waals surface area contributed by atoms with Crippen molar-refractivity contribution in [3.05, 3.63) is 23.7 Å². The summed E-state index contributed by atoms with van der Waals surface area (Å²) >= 11 is 0. The van der Waals surface area contributed by atoms with Gasteiger partial charge in [0.2, 0.25) is 0 Å². The van der Waals surface area contributed by atoms with Crippen molar-refractivity contribution in [3.8, 4) is 0 Å². The van der Waals surface area contributed by atoms with Gasteiger partial charge in [0.25, 0.3) is 5.91 Å². The third kappa shape index (κ3) is 2.76. The molecule has 0 bridgehead atoms. The smallest absolute Gasteiger partial charge is 0.255 e. The molecule has 1 saturated carbocycles. The fourth-order valence-electron chi connectivity index (χ4n) is 2.32. The van der Waals surface area contributed by atoms with Crippen molar-refractivity contribution in [3.63, 3.8) is 0 Å². The van der Waals surface area contributed by atoms with Crippen LogP contribution in [0, 0.1) is 5.92 Å². The quantitative estimate of drug-likeness (QED) is 0.779. The number of aromatic nitrogens is 3. The Labute approximate surface area is 123 Å². The Kier molecular flexibility index (Phi) is 3.63. The minimum Gasteiger partial charge on any atom is -0.394 e. The molecule has 0 radical (unpaired) electrons. The third-order valence-corrected chi connectivity index (χ3v) is 3.96. The molecule has 2 aromatic heterocycles. The number of aromatic amines is 1. The van der Waals surface area contributed by atoms with Gasteiger partial charge in [0, 0.05) is 12.1 Å². The number of carbonyl (C=O) groups is 1. The molecule has 2 heterocycles. The van der Waals surface area contributed by atoms with Crippen molar-refractivity contribution in [1.82, 2.24) is 20.3 Å². The van der Waals surface area contributed by atoms with Crippen molar-refractivity contribution in [2.24, 2.45) is 5.92 Å². The Morgan fingerprint density at radius 3 is 2.90 bits per heavy atom. The van der Waals surface area contributed by atoms with Crippen LogP contribution in [-0.4, -0.2) is 38.6 Å². The van der Waals surface area contributed by atoms with E-state index < -0.39 is 0 Å². The lowest BCUT2D eigenvalue weighted by molar-refractivity contribution is 0.0898. The number of hydrogen-bond acceptors (Lipinski definition) is 4. The molecule has 6 nitrogen and oxygen atoms in total. The molecular weight excluding hydrogens is 268 g/mol. The van der Waals surface area contributed by atoms with E-state index in [9.17, 15) is 9.90 Å². The van der Waals surface area contributed by atoms with Crippen LogP contribution in [0.2, 0.25) is 0 Å². The lowest BCUT2D eigenvalue weighted by Crippen LogP contribution is -2.41. The van der Waals surface area contributed by atoms with Crippen LogP contribution in [-0.2, 0) is 0 Å². The molecular formula is C15H20N4O2. The van der Waals surface area contributed by atoms with E-state index in [1.54, 1.807) is 12.4 Å². The molecule has 6 heteroatoms. The van der Waals surface area contributed by atoms with E-state index in [0.29, 0.717) is 22.6 Å². The fourth-order valence-corrected chi connectivity index (χ4v) is 2.32. The maximum Gasteiger partial charge on any atom is 0.255 e. The zero-order chi connectivity index (χ0) is 15.0. The zero-order valence-electron chi connectivity index (χ0n) is 12.3. The highest BCUT2D eigenvalue weighted by Gasteiger charge is 2.27. The lowest BCUT2D eigenvalue weighted by atomic mass is 10.1. The summed E-state index contributed by atoms with van der Waals surface area (Å²) < 4.78 is 0. The van der Waals surface area contributed by atoms with Crippen LogP contribution in [0.25, 0.3) is 11.2 Å². The predicted octanol–water partition coefficient (Wildman–Crippen LogP) is 1.58. The molecule has 3 N–H and O–H groups in total. The van der Waals surface area contributed by atoms with Crippen LogP contribution in [0.15, 0.2) is 12.4 Å². The third-order valence-electron chi connectivity index (χ3n) is 3.96. The molecule has 1 atom stereocenters. The Morgan fingerprint density at radius 1 is 1.52 bits per heavy atom. The van der Waals surface area contributed by atoms with Gasteiger partial charge < -0.3 is 15.4 Å². The number of amides is 1. The number of H-pyrrole nitrogens is 1. The number of aliphatic hydroxyl groups is 1. The SMILES string of the molecule is CC(C)C(CO)NC(=O)c1c[nH]c2ncc(C3CC3)nc12. The van der Waals surface area contributed by atoms with E-state index >= 15 is 0 Å². The number of nitrogens with zero attached hydrogens (tertiary/aromatic N) is 2. The summed E-state index contributed by atoms with van der Waals surface area (Å²) in [6, 6.07) is -0.262. The number of rotatable bonds is 5. The monoisotopic (exact) mass is 288 g/mol. The predicted molar refractivity (Wildman–Crippen MR) is 79.0 cm³/mol. The normalized spacial score (nSPS) is 16.4. The van der Waals surface area contributed by atoms with Crippen LogP contribution in [0.5, 0.6) is 0 Å². The summed E-state index contributed by atoms with van der Waals surface area (Å²) in [5, 5.41) is 12.2. The van der Waals surface area contributed by atoms with Crippen LogP contribution in [0.4, 0.5) is 0 Å². The summed E-state index contributed by atoms with van der Waals surface area (Å²) in [5.74, 6) is 0.432. The van der Waals surface area contributed by atoms with Gasteiger partial charge in [0.15, 0.2) is 5.65 Å². The summed E-state index contributed by atoms with van der Waals surface area (Å²) in [6.45, 7) is 3.84. The molecule has 1 aliphatic rings. The molecule has 0 saturated heterocycles. The van der Waals surface area contributed by atoms with E-state index in [1.165, 1.54) is 0 Å². The Balaban J connectivity index is 1.88. The number of aliphatic hydroxyl groups excluding tert-OH is 1. The van der Waals surface area contributed by atoms with Crippen LogP contribution in [0.1, 0.15) is 48.7 Å². The summed E-state index contributed by atoms with van der Waals surface area (Å²) in [4.78, 5) is 24.3. The van der Waals surface area contributed by atoms with Gasteiger partial charge in [-0.05, 0) is 18.8 Å². The minimum atomic E-state index is -0.262. The number of nitrogens with one attached hydrogen (secondary N) is 2. The molecule has 3 rings (SSSR count). The van der Waals surface area contributed by atoms with Crippen molar-refractivity contribution in [1.29, 1.82) is 0 Å². The second-order valence-corrected chi connectivity index (χ2v) is 5.98. The largest absolute Gasteiger partial charge is 0.394 e. The number of carbonyl (C=O) groups excluding carboxylic acids is 1. The summed E-state index contributed by atoms with van der Waals surface area (Å²) in [6.07, 6.45) is 5.70. The van der Waals surface area contributed by atoms with Crippen molar-refractivity contribution >= 4 is 17.1 Å². The molecule has 112 valence electrons. The van der Waals surface area contributed by atoms with Gasteiger partial charge in [-0.2, -0.15) is 0 Å². The summed E-state index contributed by atoms with van der Waals surface area (Å²) in [5.41, 5.74) is 2.67. The first kappa shape index (κ1) is 14.0. The second-order valence-electron chi connectivity index (χ2n) is 5.98. The van der Waals surface area contributed by atoms with Crippen LogP contribution in [0.3, 0.4) is 0 Å². The number of hydrogen-bond donors (Lipinski definition) is 3. The zero-order valence-corrected chi connectivity index (χ0v) is 12.3.